The molecule has 2 aromatic rings. The molecule has 7 nitrogen and oxygen atoms in total. The number of halogens is 2. The molecule has 0 aliphatic rings. The van der Waals surface area contributed by atoms with Crippen LogP contribution in [0, 0.1) is 0 Å². The van der Waals surface area contributed by atoms with Gasteiger partial charge in [0.15, 0.2) is 5.15 Å². The Balaban J connectivity index is 2.59. The van der Waals surface area contributed by atoms with Crippen LogP contribution >= 0.6 is 23.2 Å². The number of carbonyl (C=O) groups excluding carboxylic acids is 1. The number of nitrogens with zero attached hydrogens (tertiary/aromatic N) is 5. The SMILES string of the molecule is CCOC(=O)/C=C(\N=CN(C)C)c1cc(Cl)ccc1-n1cc(Cl)nn1. The third-order valence-electron chi connectivity index (χ3n) is 2.92. The normalized spacial score (nSPS) is 11.8. The second kappa shape index (κ2) is 8.64. The molecule has 9 heteroatoms. The number of hydrogen-bond donors (Lipinski definition) is 0. The van der Waals surface area contributed by atoms with Crippen LogP contribution in [0.3, 0.4) is 0 Å². The van der Waals surface area contributed by atoms with Gasteiger partial charge in [-0.1, -0.05) is 28.4 Å². The minimum Gasteiger partial charge on any atom is -0.463 e. The molecular formula is C16H17Cl2N5O2. The van der Waals surface area contributed by atoms with Crippen LogP contribution in [-0.4, -0.2) is 52.9 Å². The Hall–Kier alpha value is -2.38. The maximum Gasteiger partial charge on any atom is 0.332 e. The molecular weight excluding hydrogens is 365 g/mol. The van der Waals surface area contributed by atoms with Gasteiger partial charge in [0.2, 0.25) is 0 Å². The smallest absolute Gasteiger partial charge is 0.332 e. The third kappa shape index (κ3) is 5.30. The summed E-state index contributed by atoms with van der Waals surface area (Å²) in [5, 5.41) is 8.45. The maximum atomic E-state index is 11.9. The number of aromatic nitrogens is 3. The molecule has 25 heavy (non-hydrogen) atoms. The lowest BCUT2D eigenvalue weighted by atomic mass is 10.1. The molecule has 1 aromatic heterocycles. The third-order valence-corrected chi connectivity index (χ3v) is 3.32. The standard InChI is InChI=1S/C16H17Cl2N5O2/c1-4-25-16(24)8-13(19-10-22(2)3)12-7-11(17)5-6-14(12)23-9-15(18)20-21-23/h5-10H,4H2,1-3H3/b13-8-,19-10?. The number of carbonyl (C=O) groups is 1. The molecule has 0 fully saturated rings. The first-order valence-corrected chi connectivity index (χ1v) is 8.13. The maximum absolute atomic E-state index is 11.9. The molecule has 0 radical (unpaired) electrons. The lowest BCUT2D eigenvalue weighted by Gasteiger charge is -2.11. The van der Waals surface area contributed by atoms with Crippen LogP contribution in [0.2, 0.25) is 10.2 Å². The first-order chi connectivity index (χ1) is 11.9. The summed E-state index contributed by atoms with van der Waals surface area (Å²) in [5.41, 5.74) is 1.58. The molecule has 0 amide bonds. The van der Waals surface area contributed by atoms with Gasteiger partial charge in [-0.2, -0.15) is 0 Å². The number of rotatable bonds is 6. The Morgan fingerprint density at radius 1 is 1.40 bits per heavy atom. The molecule has 0 saturated carbocycles. The van der Waals surface area contributed by atoms with E-state index >= 15 is 0 Å². The zero-order valence-corrected chi connectivity index (χ0v) is 15.5. The van der Waals surface area contributed by atoms with Crippen LogP contribution in [0.5, 0.6) is 0 Å². The van der Waals surface area contributed by atoms with Crippen molar-refractivity contribution >= 4 is 41.2 Å². The minimum atomic E-state index is -0.504. The average molecular weight is 382 g/mol. The fraction of sp³-hybridized carbons (Fsp3) is 0.250. The van der Waals surface area contributed by atoms with E-state index in [-0.39, 0.29) is 11.8 Å². The van der Waals surface area contributed by atoms with E-state index in [0.29, 0.717) is 22.0 Å². The number of esters is 1. The van der Waals surface area contributed by atoms with Gasteiger partial charge in [-0.3, -0.25) is 0 Å². The van der Waals surface area contributed by atoms with E-state index < -0.39 is 5.97 Å². The van der Waals surface area contributed by atoms with Crippen molar-refractivity contribution in [3.8, 4) is 5.69 Å². The summed E-state index contributed by atoms with van der Waals surface area (Å²) in [6, 6.07) is 5.13. The highest BCUT2D eigenvalue weighted by Gasteiger charge is 2.14. The Morgan fingerprint density at radius 3 is 2.76 bits per heavy atom. The van der Waals surface area contributed by atoms with Crippen LogP contribution in [-0.2, 0) is 9.53 Å². The van der Waals surface area contributed by atoms with Crippen molar-refractivity contribution < 1.29 is 9.53 Å². The quantitative estimate of drug-likeness (QED) is 0.332. The average Bonchev–Trinajstić information content (AvgIpc) is 2.97. The molecule has 0 atom stereocenters. The second-order valence-corrected chi connectivity index (χ2v) is 5.96. The number of aliphatic imine (C=N–C) groups is 1. The summed E-state index contributed by atoms with van der Waals surface area (Å²) in [6.07, 6.45) is 4.42. The lowest BCUT2D eigenvalue weighted by molar-refractivity contribution is -0.137. The molecule has 1 heterocycles. The van der Waals surface area contributed by atoms with E-state index in [1.165, 1.54) is 10.8 Å². The topological polar surface area (TPSA) is 72.6 Å². The second-order valence-electron chi connectivity index (χ2n) is 5.14. The molecule has 2 rings (SSSR count). The molecule has 0 aliphatic carbocycles. The van der Waals surface area contributed by atoms with E-state index in [2.05, 4.69) is 15.3 Å². The highest BCUT2D eigenvalue weighted by Crippen LogP contribution is 2.27. The van der Waals surface area contributed by atoms with Gasteiger partial charge in [-0.25, -0.2) is 14.5 Å². The summed E-state index contributed by atoms with van der Waals surface area (Å²) in [7, 11) is 3.64. The number of ether oxygens (including phenoxy) is 1. The van der Waals surface area contributed by atoms with Gasteiger partial charge in [0.25, 0.3) is 0 Å². The highest BCUT2D eigenvalue weighted by molar-refractivity contribution is 6.31. The predicted molar refractivity (Wildman–Crippen MR) is 98.2 cm³/mol. The van der Waals surface area contributed by atoms with Gasteiger partial charge in [0.1, 0.15) is 0 Å². The van der Waals surface area contributed by atoms with Crippen LogP contribution in [0.15, 0.2) is 35.5 Å². The predicted octanol–water partition coefficient (Wildman–Crippen LogP) is 3.07. The molecule has 0 aliphatic heterocycles. The summed E-state index contributed by atoms with van der Waals surface area (Å²) >= 11 is 12.0. The number of benzene rings is 1. The zero-order valence-electron chi connectivity index (χ0n) is 14.0. The van der Waals surface area contributed by atoms with Crippen molar-refractivity contribution in [3.63, 3.8) is 0 Å². The zero-order chi connectivity index (χ0) is 18.4. The first kappa shape index (κ1) is 19.0. The number of hydrogen-bond acceptors (Lipinski definition) is 5. The van der Waals surface area contributed by atoms with Gasteiger partial charge < -0.3 is 9.64 Å². The summed E-state index contributed by atoms with van der Waals surface area (Å²) < 4.78 is 6.47. The van der Waals surface area contributed by atoms with E-state index in [9.17, 15) is 4.79 Å². The Labute approximate surface area is 155 Å². The van der Waals surface area contributed by atoms with Crippen molar-refractivity contribution in [2.75, 3.05) is 20.7 Å². The van der Waals surface area contributed by atoms with Crippen LogP contribution in [0.4, 0.5) is 0 Å². The fourth-order valence-electron chi connectivity index (χ4n) is 1.93. The van der Waals surface area contributed by atoms with Gasteiger partial charge in [0.05, 0.1) is 30.5 Å². The monoisotopic (exact) mass is 381 g/mol. The largest absolute Gasteiger partial charge is 0.463 e. The van der Waals surface area contributed by atoms with Crippen molar-refractivity contribution in [2.24, 2.45) is 4.99 Å². The van der Waals surface area contributed by atoms with Gasteiger partial charge in [-0.15, -0.1) is 5.10 Å². The van der Waals surface area contributed by atoms with E-state index in [1.807, 2.05) is 14.1 Å². The van der Waals surface area contributed by atoms with Crippen molar-refractivity contribution in [1.82, 2.24) is 19.9 Å². The van der Waals surface area contributed by atoms with Gasteiger partial charge in [0, 0.05) is 30.8 Å². The minimum absolute atomic E-state index is 0.244. The van der Waals surface area contributed by atoms with Crippen LogP contribution < -0.4 is 0 Å². The van der Waals surface area contributed by atoms with Gasteiger partial charge >= 0.3 is 5.97 Å². The van der Waals surface area contributed by atoms with E-state index in [4.69, 9.17) is 27.9 Å². The molecule has 1 aromatic carbocycles. The Bertz CT molecular complexity index is 815. The van der Waals surface area contributed by atoms with E-state index in [0.717, 1.165) is 0 Å². The Kier molecular flexibility index (Phi) is 6.55. The van der Waals surface area contributed by atoms with E-state index in [1.54, 1.807) is 42.6 Å². The highest BCUT2D eigenvalue weighted by atomic mass is 35.5. The summed E-state index contributed by atoms with van der Waals surface area (Å²) in [5.74, 6) is -0.504. The lowest BCUT2D eigenvalue weighted by Crippen LogP contribution is -2.09. The van der Waals surface area contributed by atoms with Crippen LogP contribution in [0.25, 0.3) is 11.4 Å². The molecule has 0 N–H and O–H groups in total. The molecule has 132 valence electrons. The summed E-state index contributed by atoms with van der Waals surface area (Å²) in [6.45, 7) is 2.00. The molecule has 0 unspecified atom stereocenters. The molecule has 0 bridgehead atoms. The van der Waals surface area contributed by atoms with Crippen molar-refractivity contribution in [1.29, 1.82) is 0 Å². The molecule has 0 spiro atoms. The summed E-state index contributed by atoms with van der Waals surface area (Å²) in [4.78, 5) is 18.0. The molecule has 0 saturated heterocycles. The Morgan fingerprint density at radius 2 is 2.16 bits per heavy atom. The van der Waals surface area contributed by atoms with Gasteiger partial charge in [-0.05, 0) is 25.1 Å². The first-order valence-electron chi connectivity index (χ1n) is 7.38. The van der Waals surface area contributed by atoms with Crippen LogP contribution in [0.1, 0.15) is 12.5 Å². The van der Waals surface area contributed by atoms with Crippen molar-refractivity contribution in [3.05, 3.63) is 46.2 Å². The fourth-order valence-corrected chi connectivity index (χ4v) is 2.23. The van der Waals surface area contributed by atoms with Crippen molar-refractivity contribution in [2.45, 2.75) is 6.92 Å².